The lowest BCUT2D eigenvalue weighted by atomic mass is 10.1. The molecule has 7 heteroatoms. The molecule has 2 aromatic rings. The zero-order valence-electron chi connectivity index (χ0n) is 15.5. The van der Waals surface area contributed by atoms with Gasteiger partial charge in [-0.1, -0.05) is 12.1 Å². The molecule has 0 saturated carbocycles. The number of carbonyl (C=O) groups is 2. The average molecular weight is 367 g/mol. The summed E-state index contributed by atoms with van der Waals surface area (Å²) in [5, 5.41) is 2.90. The molecule has 0 bridgehead atoms. The topological polar surface area (TPSA) is 91.6 Å². The maximum Gasteiger partial charge on any atom is 0.248 e. The molecule has 27 heavy (non-hydrogen) atoms. The van der Waals surface area contributed by atoms with Gasteiger partial charge < -0.3 is 16.0 Å². The number of nitrogens with two attached hydrogens (primary N) is 1. The first-order valence-corrected chi connectivity index (χ1v) is 9.04. The van der Waals surface area contributed by atoms with Gasteiger partial charge in [0.05, 0.1) is 18.4 Å². The Morgan fingerprint density at radius 1 is 1.15 bits per heavy atom. The molecule has 2 amide bonds. The maximum atomic E-state index is 12.2. The Kier molecular flexibility index (Phi) is 6.16. The fraction of sp³-hybridized carbons (Fsp3) is 0.350. The number of piperazine rings is 1. The second-order valence-corrected chi connectivity index (χ2v) is 6.91. The third-order valence-corrected chi connectivity index (χ3v) is 4.67. The van der Waals surface area contributed by atoms with Crippen LogP contribution in [-0.4, -0.2) is 66.4 Å². The van der Waals surface area contributed by atoms with Gasteiger partial charge in [-0.3, -0.25) is 19.5 Å². The van der Waals surface area contributed by atoms with Gasteiger partial charge in [0, 0.05) is 43.9 Å². The third-order valence-electron chi connectivity index (χ3n) is 4.67. The van der Waals surface area contributed by atoms with Crippen LogP contribution >= 0.6 is 0 Å². The normalized spacial score (nSPS) is 15.4. The molecule has 3 N–H and O–H groups in total. The van der Waals surface area contributed by atoms with Crippen molar-refractivity contribution >= 4 is 17.5 Å². The Bertz CT molecular complexity index is 798. The van der Waals surface area contributed by atoms with E-state index in [9.17, 15) is 9.59 Å². The average Bonchev–Trinajstić information content (AvgIpc) is 2.65. The Morgan fingerprint density at radius 3 is 2.59 bits per heavy atom. The Balaban J connectivity index is 1.53. The minimum atomic E-state index is -0.441. The van der Waals surface area contributed by atoms with Gasteiger partial charge in [0.15, 0.2) is 0 Å². The lowest BCUT2D eigenvalue weighted by Crippen LogP contribution is -2.47. The lowest BCUT2D eigenvalue weighted by Gasteiger charge is -2.31. The van der Waals surface area contributed by atoms with E-state index >= 15 is 0 Å². The van der Waals surface area contributed by atoms with E-state index in [1.165, 1.54) is 0 Å². The van der Waals surface area contributed by atoms with Crippen molar-refractivity contribution in [1.29, 1.82) is 0 Å². The highest BCUT2D eigenvalue weighted by Gasteiger charge is 2.16. The number of amides is 2. The largest absolute Gasteiger partial charge is 0.366 e. The highest BCUT2D eigenvalue weighted by atomic mass is 16.2. The van der Waals surface area contributed by atoms with Crippen molar-refractivity contribution in [2.75, 3.05) is 45.1 Å². The molecule has 1 aromatic heterocycles. The second kappa shape index (κ2) is 8.75. The molecule has 1 aromatic carbocycles. The smallest absolute Gasteiger partial charge is 0.248 e. The number of benzene rings is 1. The minimum Gasteiger partial charge on any atom is -0.366 e. The molecule has 0 radical (unpaired) electrons. The molecule has 1 aliphatic heterocycles. The monoisotopic (exact) mass is 367 g/mol. The Hall–Kier alpha value is -2.77. The summed E-state index contributed by atoms with van der Waals surface area (Å²) < 4.78 is 0. The van der Waals surface area contributed by atoms with E-state index in [-0.39, 0.29) is 5.91 Å². The van der Waals surface area contributed by atoms with Crippen molar-refractivity contribution in [3.63, 3.8) is 0 Å². The molecule has 0 aliphatic carbocycles. The molecule has 1 aliphatic rings. The number of likely N-dealkylation sites (N-methyl/N-ethyl adjacent to an activating group) is 1. The summed E-state index contributed by atoms with van der Waals surface area (Å²) in [6.45, 7) is 4.19. The molecule has 0 atom stereocenters. The number of primary amides is 1. The predicted molar refractivity (Wildman–Crippen MR) is 105 cm³/mol. The number of nitrogens with zero attached hydrogens (tertiary/aromatic N) is 3. The minimum absolute atomic E-state index is 0.0248. The molecule has 1 fully saturated rings. The van der Waals surface area contributed by atoms with Crippen LogP contribution in [0.5, 0.6) is 0 Å². The van der Waals surface area contributed by atoms with Crippen LogP contribution in [0.25, 0.3) is 0 Å². The summed E-state index contributed by atoms with van der Waals surface area (Å²) in [6, 6.07) is 10.9. The van der Waals surface area contributed by atoms with E-state index < -0.39 is 5.91 Å². The third kappa shape index (κ3) is 5.60. The number of hydrogen-bond donors (Lipinski definition) is 2. The molecule has 142 valence electrons. The first-order valence-electron chi connectivity index (χ1n) is 9.04. The molecule has 7 nitrogen and oxygen atoms in total. The second-order valence-electron chi connectivity index (χ2n) is 6.91. The molecule has 2 heterocycles. The highest BCUT2D eigenvalue weighted by Crippen LogP contribution is 2.12. The van der Waals surface area contributed by atoms with Gasteiger partial charge in [-0.15, -0.1) is 0 Å². The van der Waals surface area contributed by atoms with Crippen LogP contribution in [0.4, 0.5) is 5.69 Å². The number of hydrogen-bond acceptors (Lipinski definition) is 5. The van der Waals surface area contributed by atoms with Crippen molar-refractivity contribution in [2.45, 2.75) is 6.42 Å². The summed E-state index contributed by atoms with van der Waals surface area (Å²) in [5.41, 5.74) is 8.30. The van der Waals surface area contributed by atoms with Gasteiger partial charge >= 0.3 is 0 Å². The van der Waals surface area contributed by atoms with Crippen molar-refractivity contribution in [3.05, 3.63) is 59.4 Å². The molecular formula is C20H25N5O2. The molecular weight excluding hydrogens is 342 g/mol. The number of carbonyl (C=O) groups excluding carboxylic acids is 2. The summed E-state index contributed by atoms with van der Waals surface area (Å²) in [6.07, 6.45) is 2.26. The van der Waals surface area contributed by atoms with E-state index in [2.05, 4.69) is 27.1 Å². The van der Waals surface area contributed by atoms with Gasteiger partial charge in [-0.05, 0) is 36.9 Å². The quantitative estimate of drug-likeness (QED) is 0.793. The molecule has 0 spiro atoms. The first-order chi connectivity index (χ1) is 13.0. The molecule has 1 saturated heterocycles. The van der Waals surface area contributed by atoms with Gasteiger partial charge in [0.2, 0.25) is 11.8 Å². The van der Waals surface area contributed by atoms with Crippen LogP contribution in [0.1, 0.15) is 21.6 Å². The summed E-state index contributed by atoms with van der Waals surface area (Å²) in [4.78, 5) is 32.3. The van der Waals surface area contributed by atoms with E-state index in [0.717, 1.165) is 37.4 Å². The summed E-state index contributed by atoms with van der Waals surface area (Å²) in [7, 11) is 2.09. The molecule has 3 rings (SSSR count). The number of pyridine rings is 1. The maximum absolute atomic E-state index is 12.2. The number of anilines is 1. The number of aromatic nitrogens is 1. The van der Waals surface area contributed by atoms with Gasteiger partial charge in [0.25, 0.3) is 0 Å². The van der Waals surface area contributed by atoms with E-state index in [4.69, 9.17) is 5.73 Å². The van der Waals surface area contributed by atoms with Crippen LogP contribution in [0, 0.1) is 0 Å². The van der Waals surface area contributed by atoms with Crippen molar-refractivity contribution in [2.24, 2.45) is 5.73 Å². The Morgan fingerprint density at radius 2 is 1.93 bits per heavy atom. The first kappa shape index (κ1) is 19.0. The van der Waals surface area contributed by atoms with Gasteiger partial charge in [-0.2, -0.15) is 0 Å². The van der Waals surface area contributed by atoms with Gasteiger partial charge in [-0.25, -0.2) is 0 Å². The van der Waals surface area contributed by atoms with Crippen LogP contribution in [0.3, 0.4) is 0 Å². The lowest BCUT2D eigenvalue weighted by molar-refractivity contribution is -0.117. The summed E-state index contributed by atoms with van der Waals surface area (Å²) in [5.74, 6) is -0.466. The van der Waals surface area contributed by atoms with Crippen LogP contribution in [0.15, 0.2) is 42.6 Å². The Labute approximate surface area is 159 Å². The SMILES string of the molecule is CN1CCN(CC(=O)Nc2ccc(Cc3cccc(C(N)=O)c3)nc2)CC1. The standard InChI is InChI=1S/C20H25N5O2/c1-24-7-9-25(10-8-24)14-19(26)23-18-6-5-17(22-13-18)12-15-3-2-4-16(11-15)20(21)27/h2-6,11,13H,7-10,12,14H2,1H3,(H2,21,27)(H,23,26). The number of nitrogens with one attached hydrogen (secondary N) is 1. The van der Waals surface area contributed by atoms with Gasteiger partial charge in [0.1, 0.15) is 0 Å². The fourth-order valence-electron chi connectivity index (χ4n) is 3.06. The number of rotatable bonds is 6. The van der Waals surface area contributed by atoms with Crippen molar-refractivity contribution in [1.82, 2.24) is 14.8 Å². The van der Waals surface area contributed by atoms with E-state index in [1.54, 1.807) is 18.3 Å². The van der Waals surface area contributed by atoms with E-state index in [1.807, 2.05) is 24.3 Å². The predicted octanol–water partition coefficient (Wildman–Crippen LogP) is 0.957. The van der Waals surface area contributed by atoms with Crippen LogP contribution < -0.4 is 11.1 Å². The van der Waals surface area contributed by atoms with E-state index in [0.29, 0.717) is 24.2 Å². The summed E-state index contributed by atoms with van der Waals surface area (Å²) >= 11 is 0. The van der Waals surface area contributed by atoms with Crippen molar-refractivity contribution in [3.8, 4) is 0 Å². The van der Waals surface area contributed by atoms with Crippen LogP contribution in [0.2, 0.25) is 0 Å². The van der Waals surface area contributed by atoms with Crippen molar-refractivity contribution < 1.29 is 9.59 Å². The highest BCUT2D eigenvalue weighted by molar-refractivity contribution is 5.93. The zero-order chi connectivity index (χ0) is 19.2. The molecule has 0 unspecified atom stereocenters. The van der Waals surface area contributed by atoms with Crippen LogP contribution in [-0.2, 0) is 11.2 Å². The zero-order valence-corrected chi connectivity index (χ0v) is 15.5. The fourth-order valence-corrected chi connectivity index (χ4v) is 3.06.